The van der Waals surface area contributed by atoms with Crippen molar-refractivity contribution in [1.29, 1.82) is 0 Å². The molecule has 0 saturated heterocycles. The van der Waals surface area contributed by atoms with Gasteiger partial charge in [-0.15, -0.1) is 0 Å². The zero-order valence-electron chi connectivity index (χ0n) is 17.6. The molecule has 0 saturated carbocycles. The van der Waals surface area contributed by atoms with E-state index in [2.05, 4.69) is 10.5 Å². The van der Waals surface area contributed by atoms with Crippen LogP contribution in [0.15, 0.2) is 53.5 Å². The Morgan fingerprint density at radius 1 is 1.14 bits per heavy atom. The van der Waals surface area contributed by atoms with Gasteiger partial charge in [-0.1, -0.05) is 47.9 Å². The van der Waals surface area contributed by atoms with Gasteiger partial charge in [0.25, 0.3) is 0 Å². The van der Waals surface area contributed by atoms with Crippen molar-refractivity contribution in [2.75, 3.05) is 5.43 Å². The van der Waals surface area contributed by atoms with Crippen molar-refractivity contribution in [2.45, 2.75) is 13.8 Å². The fraction of sp³-hybridized carbons (Fsp3) is 0.111. The molecule has 1 N–H and O–H groups in total. The first kappa shape index (κ1) is 7.93. The summed E-state index contributed by atoms with van der Waals surface area (Å²) in [5.41, 5.74) is 4.63. The Balaban J connectivity index is 2.22. The van der Waals surface area contributed by atoms with Crippen LogP contribution in [0.1, 0.15) is 30.5 Å². The van der Waals surface area contributed by atoms with Crippen LogP contribution in [0.2, 0.25) is 0 Å². The van der Waals surface area contributed by atoms with Crippen molar-refractivity contribution in [3.8, 4) is 0 Å². The van der Waals surface area contributed by atoms with Crippen LogP contribution in [0.5, 0.6) is 0 Å². The zero-order chi connectivity index (χ0) is 20.0. The monoisotopic (exact) mass is 282 g/mol. The molecule has 0 fully saturated rings. The Kier molecular flexibility index (Phi) is 2.03. The summed E-state index contributed by atoms with van der Waals surface area (Å²) in [6, 6.07) is 2.39. The highest BCUT2D eigenvalue weighted by Crippen LogP contribution is 2.20. The molecule has 3 nitrogen and oxygen atoms in total. The number of carbonyl (C=O) groups excluding carboxylic acids is 1. The SMILES string of the molecule is [2H]C1=C([2H])c2c([2H])c([2H])c([2H])c([2H])c2/C(=N/Nc2ccc(C)cc2C)C1=O. The third-order valence-corrected chi connectivity index (χ3v) is 3.11. The Labute approximate surface area is 132 Å². The van der Waals surface area contributed by atoms with E-state index in [4.69, 9.17) is 8.22 Å². The number of hydrogen-bond acceptors (Lipinski definition) is 3. The zero-order valence-corrected chi connectivity index (χ0v) is 11.6. The summed E-state index contributed by atoms with van der Waals surface area (Å²) in [6.07, 6.45) is 0. The number of hydrogen-bond donors (Lipinski definition) is 1. The van der Waals surface area contributed by atoms with Crippen LogP contribution in [0.3, 0.4) is 0 Å². The minimum Gasteiger partial charge on any atom is -0.287 e. The average molecular weight is 282 g/mol. The molecule has 0 aromatic heterocycles. The number of nitrogens with zero attached hydrogens (tertiary/aromatic N) is 1. The molecule has 2 aromatic rings. The third-order valence-electron chi connectivity index (χ3n) is 3.11. The van der Waals surface area contributed by atoms with Gasteiger partial charge in [0, 0.05) is 5.56 Å². The first-order valence-electron chi connectivity index (χ1n) is 9.39. The van der Waals surface area contributed by atoms with Gasteiger partial charge >= 0.3 is 0 Å². The highest BCUT2D eigenvalue weighted by Gasteiger charge is 2.18. The van der Waals surface area contributed by atoms with Crippen LogP contribution >= 0.6 is 0 Å². The lowest BCUT2D eigenvalue weighted by molar-refractivity contribution is -0.108. The first-order chi connectivity index (χ1) is 12.6. The number of nitrogens with one attached hydrogen (secondary N) is 1. The first-order valence-corrected chi connectivity index (χ1v) is 6.39. The summed E-state index contributed by atoms with van der Waals surface area (Å²) in [5, 5.41) is 4.06. The maximum absolute atomic E-state index is 12.5. The molecule has 1 aliphatic rings. The summed E-state index contributed by atoms with van der Waals surface area (Å²) >= 11 is 0. The second kappa shape index (κ2) is 5.37. The van der Waals surface area contributed by atoms with Crippen molar-refractivity contribution in [2.24, 2.45) is 5.10 Å². The minimum atomic E-state index is -0.866. The molecule has 2 aromatic carbocycles. The van der Waals surface area contributed by atoms with Crippen LogP contribution in [0.25, 0.3) is 6.05 Å². The molecule has 0 aliphatic heterocycles. The number of ketones is 1. The van der Waals surface area contributed by atoms with E-state index in [1.54, 1.807) is 6.07 Å². The lowest BCUT2D eigenvalue weighted by Gasteiger charge is -2.13. The van der Waals surface area contributed by atoms with E-state index in [9.17, 15) is 4.79 Å². The van der Waals surface area contributed by atoms with Crippen LogP contribution in [-0.2, 0) is 4.79 Å². The van der Waals surface area contributed by atoms with Crippen LogP contribution in [0.4, 0.5) is 5.69 Å². The fourth-order valence-corrected chi connectivity index (χ4v) is 2.04. The molecule has 0 heterocycles. The van der Waals surface area contributed by atoms with Crippen molar-refractivity contribution < 1.29 is 13.0 Å². The highest BCUT2D eigenvalue weighted by atomic mass is 16.1. The van der Waals surface area contributed by atoms with Crippen LogP contribution in [0, 0.1) is 13.8 Å². The maximum Gasteiger partial charge on any atom is 0.206 e. The second-order valence-electron chi connectivity index (χ2n) is 4.72. The summed E-state index contributed by atoms with van der Waals surface area (Å²) < 4.78 is 47.6. The molecule has 0 atom stereocenters. The van der Waals surface area contributed by atoms with Gasteiger partial charge in [-0.3, -0.25) is 10.2 Å². The number of rotatable bonds is 2. The molecule has 3 rings (SSSR count). The molecule has 104 valence electrons. The van der Waals surface area contributed by atoms with E-state index in [0.717, 1.165) is 11.1 Å². The summed E-state index contributed by atoms with van der Waals surface area (Å²) in [7, 11) is 0. The predicted octanol–water partition coefficient (Wildman–Crippen LogP) is 3.72. The molecule has 0 spiro atoms. The van der Waals surface area contributed by atoms with Gasteiger partial charge in [0.15, 0.2) is 0 Å². The van der Waals surface area contributed by atoms with E-state index >= 15 is 0 Å². The maximum atomic E-state index is 12.5. The third kappa shape index (κ3) is 2.63. The molecular weight excluding hydrogens is 260 g/mol. The Morgan fingerprint density at radius 3 is 2.76 bits per heavy atom. The summed E-state index contributed by atoms with van der Waals surface area (Å²) in [6.45, 7) is 3.79. The summed E-state index contributed by atoms with van der Waals surface area (Å²) in [4.78, 5) is 12.5. The average Bonchev–Trinajstić information content (AvgIpc) is 2.63. The molecule has 21 heavy (non-hydrogen) atoms. The van der Waals surface area contributed by atoms with Gasteiger partial charge in [0.2, 0.25) is 5.78 Å². The van der Waals surface area contributed by atoms with Crippen LogP contribution < -0.4 is 5.43 Å². The second-order valence-corrected chi connectivity index (χ2v) is 4.72. The van der Waals surface area contributed by atoms with E-state index in [0.29, 0.717) is 5.69 Å². The van der Waals surface area contributed by atoms with Gasteiger partial charge < -0.3 is 0 Å². The number of allylic oxidation sites excluding steroid dienone is 1. The van der Waals surface area contributed by atoms with Crippen molar-refractivity contribution in [1.82, 2.24) is 0 Å². The van der Waals surface area contributed by atoms with Gasteiger partial charge in [-0.25, -0.2) is 0 Å². The van der Waals surface area contributed by atoms with Crippen molar-refractivity contribution >= 4 is 23.2 Å². The number of benzene rings is 2. The van der Waals surface area contributed by atoms with E-state index < -0.39 is 42.1 Å². The van der Waals surface area contributed by atoms with Gasteiger partial charge in [0.05, 0.1) is 13.9 Å². The topological polar surface area (TPSA) is 41.5 Å². The number of anilines is 1. The number of carbonyl (C=O) groups is 1. The highest BCUT2D eigenvalue weighted by molar-refractivity contribution is 6.52. The van der Waals surface area contributed by atoms with E-state index in [1.807, 2.05) is 26.0 Å². The molecule has 0 radical (unpaired) electrons. The standard InChI is InChI=1S/C18H16N2O/c1-12-7-9-16(13(2)11-12)19-20-18-15-6-4-3-5-14(15)8-10-17(18)21/h3-11,19H,1-2H3/b20-18-/i3D,4D,5D,6D,8D,10D. The molecule has 0 bridgehead atoms. The Hall–Kier alpha value is -2.68. The largest absolute Gasteiger partial charge is 0.287 e. The molecule has 1 aliphatic carbocycles. The summed E-state index contributed by atoms with van der Waals surface area (Å²) in [5.74, 6) is -0.866. The molecule has 3 heteroatoms. The lowest BCUT2D eigenvalue weighted by Crippen LogP contribution is -2.19. The van der Waals surface area contributed by atoms with E-state index in [1.165, 1.54) is 0 Å². The van der Waals surface area contributed by atoms with Crippen LogP contribution in [-0.4, -0.2) is 11.5 Å². The Bertz CT molecular complexity index is 1060. The smallest absolute Gasteiger partial charge is 0.206 e. The minimum absolute atomic E-state index is 0.163. The van der Waals surface area contributed by atoms with Gasteiger partial charge in [0.1, 0.15) is 5.71 Å². The lowest BCUT2D eigenvalue weighted by atomic mass is 9.95. The molecular formula is C18H16N2O. The number of hydrazone groups is 1. The quantitative estimate of drug-likeness (QED) is 0.853. The van der Waals surface area contributed by atoms with Gasteiger partial charge in [-0.2, -0.15) is 5.10 Å². The van der Waals surface area contributed by atoms with Gasteiger partial charge in [-0.05, 0) is 37.1 Å². The Morgan fingerprint density at radius 2 is 1.95 bits per heavy atom. The van der Waals surface area contributed by atoms with Crippen molar-refractivity contribution in [3.05, 3.63) is 70.7 Å². The van der Waals surface area contributed by atoms with E-state index in [-0.39, 0.29) is 16.8 Å². The number of aryl methyl sites for hydroxylation is 2. The normalized spacial score (nSPS) is 20.1. The van der Waals surface area contributed by atoms with Crippen molar-refractivity contribution in [3.63, 3.8) is 0 Å². The molecule has 0 unspecified atom stereocenters. The number of fused-ring (bicyclic) bond motifs is 1. The molecule has 0 amide bonds. The predicted molar refractivity (Wildman–Crippen MR) is 86.6 cm³/mol. The fourth-order valence-electron chi connectivity index (χ4n) is 2.04.